The molecule has 1 unspecified atom stereocenters. The van der Waals surface area contributed by atoms with Crippen molar-refractivity contribution >= 4 is 21.6 Å². The maximum Gasteiger partial charge on any atom is 0.262 e. The standard InChI is InChI=1S/C19H25N3O3S/c1-13-8-9-14(2)18(10-13)26(24,25)22-17-7-5-6-16(11-17)19(23)21-12-15(3)20-4/h5-11,15,20,22H,12H2,1-4H3,(H,21,23). The molecule has 26 heavy (non-hydrogen) atoms. The van der Waals surface area contributed by atoms with E-state index in [-0.39, 0.29) is 16.8 Å². The van der Waals surface area contributed by atoms with Crippen LogP contribution in [0.4, 0.5) is 5.69 Å². The van der Waals surface area contributed by atoms with Crippen LogP contribution in [-0.2, 0) is 10.0 Å². The number of hydrogen-bond acceptors (Lipinski definition) is 4. The summed E-state index contributed by atoms with van der Waals surface area (Å²) in [6.45, 7) is 6.03. The van der Waals surface area contributed by atoms with Gasteiger partial charge in [0, 0.05) is 23.8 Å². The van der Waals surface area contributed by atoms with Gasteiger partial charge in [-0.1, -0.05) is 18.2 Å². The predicted molar refractivity (Wildman–Crippen MR) is 104 cm³/mol. The molecule has 0 saturated carbocycles. The average molecular weight is 375 g/mol. The first kappa shape index (κ1) is 19.9. The van der Waals surface area contributed by atoms with Crippen LogP contribution in [0, 0.1) is 13.8 Å². The molecule has 0 aliphatic heterocycles. The molecule has 2 rings (SSSR count). The molecule has 0 spiro atoms. The summed E-state index contributed by atoms with van der Waals surface area (Å²) < 4.78 is 27.9. The molecule has 0 saturated heterocycles. The molecule has 3 N–H and O–H groups in total. The second kappa shape index (κ2) is 8.33. The summed E-state index contributed by atoms with van der Waals surface area (Å²) >= 11 is 0. The van der Waals surface area contributed by atoms with E-state index in [1.165, 1.54) is 6.07 Å². The van der Waals surface area contributed by atoms with Crippen LogP contribution in [0.15, 0.2) is 47.4 Å². The molecule has 0 heterocycles. The van der Waals surface area contributed by atoms with Crippen LogP contribution >= 0.6 is 0 Å². The minimum atomic E-state index is -3.73. The fourth-order valence-electron chi connectivity index (χ4n) is 2.38. The van der Waals surface area contributed by atoms with E-state index >= 15 is 0 Å². The van der Waals surface area contributed by atoms with Gasteiger partial charge in [0.05, 0.1) is 4.90 Å². The fourth-order valence-corrected chi connectivity index (χ4v) is 3.76. The molecule has 2 aromatic rings. The SMILES string of the molecule is CNC(C)CNC(=O)c1cccc(NS(=O)(=O)c2cc(C)ccc2C)c1. The van der Waals surface area contributed by atoms with E-state index in [0.29, 0.717) is 23.4 Å². The maximum atomic E-state index is 12.7. The lowest BCUT2D eigenvalue weighted by Gasteiger charge is -2.13. The molecule has 0 aliphatic carbocycles. The number of anilines is 1. The van der Waals surface area contributed by atoms with Gasteiger partial charge in [0.25, 0.3) is 15.9 Å². The molecule has 0 aromatic heterocycles. The van der Waals surface area contributed by atoms with Crippen molar-refractivity contribution in [3.8, 4) is 0 Å². The Morgan fingerprint density at radius 3 is 2.54 bits per heavy atom. The van der Waals surface area contributed by atoms with Crippen LogP contribution in [0.1, 0.15) is 28.4 Å². The Morgan fingerprint density at radius 1 is 1.12 bits per heavy atom. The highest BCUT2D eigenvalue weighted by atomic mass is 32.2. The van der Waals surface area contributed by atoms with Crippen molar-refractivity contribution in [3.63, 3.8) is 0 Å². The Balaban J connectivity index is 2.20. The van der Waals surface area contributed by atoms with E-state index in [0.717, 1.165) is 5.56 Å². The van der Waals surface area contributed by atoms with Crippen molar-refractivity contribution in [1.29, 1.82) is 0 Å². The van der Waals surface area contributed by atoms with Gasteiger partial charge >= 0.3 is 0 Å². The number of carbonyl (C=O) groups is 1. The maximum absolute atomic E-state index is 12.7. The number of nitrogens with one attached hydrogen (secondary N) is 3. The number of aryl methyl sites for hydroxylation is 2. The second-order valence-corrected chi connectivity index (χ2v) is 8.01. The first-order valence-electron chi connectivity index (χ1n) is 8.38. The quantitative estimate of drug-likeness (QED) is 0.694. The third kappa shape index (κ3) is 5.06. The highest BCUT2D eigenvalue weighted by Crippen LogP contribution is 2.21. The molecular formula is C19H25N3O3S. The molecular weight excluding hydrogens is 350 g/mol. The van der Waals surface area contributed by atoms with Gasteiger partial charge in [-0.15, -0.1) is 0 Å². The van der Waals surface area contributed by atoms with Crippen LogP contribution < -0.4 is 15.4 Å². The molecule has 2 aromatic carbocycles. The third-order valence-electron chi connectivity index (χ3n) is 4.07. The molecule has 0 aliphatic rings. The van der Waals surface area contributed by atoms with Gasteiger partial charge in [0.1, 0.15) is 0 Å². The first-order valence-corrected chi connectivity index (χ1v) is 9.87. The summed E-state index contributed by atoms with van der Waals surface area (Å²) in [5.74, 6) is -0.250. The number of rotatable bonds is 7. The van der Waals surface area contributed by atoms with Crippen molar-refractivity contribution in [3.05, 3.63) is 59.2 Å². The number of amides is 1. The third-order valence-corrected chi connectivity index (χ3v) is 5.60. The Bertz CT molecular complexity index is 895. The smallest absolute Gasteiger partial charge is 0.262 e. The van der Waals surface area contributed by atoms with Crippen molar-refractivity contribution in [2.45, 2.75) is 31.7 Å². The summed E-state index contributed by atoms with van der Waals surface area (Å²) in [5.41, 5.74) is 2.27. The van der Waals surface area contributed by atoms with Gasteiger partial charge in [-0.2, -0.15) is 0 Å². The Hall–Kier alpha value is -2.38. The summed E-state index contributed by atoms with van der Waals surface area (Å²) in [7, 11) is -1.91. The lowest BCUT2D eigenvalue weighted by atomic mass is 10.2. The minimum absolute atomic E-state index is 0.143. The Morgan fingerprint density at radius 2 is 1.85 bits per heavy atom. The normalized spacial score (nSPS) is 12.5. The number of benzene rings is 2. The second-order valence-electron chi connectivity index (χ2n) is 6.36. The van der Waals surface area contributed by atoms with Crippen molar-refractivity contribution in [2.75, 3.05) is 18.3 Å². The van der Waals surface area contributed by atoms with Crippen LogP contribution in [0.25, 0.3) is 0 Å². The Kier molecular flexibility index (Phi) is 6.39. The van der Waals surface area contributed by atoms with E-state index in [1.807, 2.05) is 27.0 Å². The van der Waals surface area contributed by atoms with Gasteiger partial charge in [0.2, 0.25) is 0 Å². The minimum Gasteiger partial charge on any atom is -0.350 e. The lowest BCUT2D eigenvalue weighted by molar-refractivity contribution is 0.0950. The van der Waals surface area contributed by atoms with E-state index in [2.05, 4.69) is 15.4 Å². The molecule has 140 valence electrons. The summed E-state index contributed by atoms with van der Waals surface area (Å²) in [6.07, 6.45) is 0. The summed E-state index contributed by atoms with van der Waals surface area (Å²) in [4.78, 5) is 12.5. The molecule has 0 fully saturated rings. The Labute approximate surface area is 155 Å². The summed E-state index contributed by atoms with van der Waals surface area (Å²) in [5, 5.41) is 5.85. The van der Waals surface area contributed by atoms with E-state index in [4.69, 9.17) is 0 Å². The molecule has 0 radical (unpaired) electrons. The molecule has 1 atom stereocenters. The number of sulfonamides is 1. The number of likely N-dealkylation sites (N-methyl/N-ethyl adjacent to an activating group) is 1. The molecule has 0 bridgehead atoms. The first-order chi connectivity index (χ1) is 12.2. The van der Waals surface area contributed by atoms with Gasteiger partial charge in [0.15, 0.2) is 0 Å². The zero-order valence-corrected chi connectivity index (χ0v) is 16.3. The van der Waals surface area contributed by atoms with Crippen LogP contribution in [-0.4, -0.2) is 34.0 Å². The number of carbonyl (C=O) groups excluding carboxylic acids is 1. The van der Waals surface area contributed by atoms with Crippen LogP contribution in [0.5, 0.6) is 0 Å². The van der Waals surface area contributed by atoms with Gasteiger partial charge in [-0.25, -0.2) is 8.42 Å². The van der Waals surface area contributed by atoms with Gasteiger partial charge in [-0.3, -0.25) is 9.52 Å². The zero-order valence-electron chi connectivity index (χ0n) is 15.5. The lowest BCUT2D eigenvalue weighted by Crippen LogP contribution is -2.37. The monoisotopic (exact) mass is 375 g/mol. The van der Waals surface area contributed by atoms with Crippen molar-refractivity contribution < 1.29 is 13.2 Å². The van der Waals surface area contributed by atoms with Crippen molar-refractivity contribution in [2.24, 2.45) is 0 Å². The molecule has 1 amide bonds. The fraction of sp³-hybridized carbons (Fsp3) is 0.316. The topological polar surface area (TPSA) is 87.3 Å². The van der Waals surface area contributed by atoms with Gasteiger partial charge in [-0.05, 0) is 63.2 Å². The molecule has 7 heteroatoms. The van der Waals surface area contributed by atoms with Crippen LogP contribution in [0.2, 0.25) is 0 Å². The van der Waals surface area contributed by atoms with Crippen LogP contribution in [0.3, 0.4) is 0 Å². The summed E-state index contributed by atoms with van der Waals surface area (Å²) in [6, 6.07) is 11.9. The highest BCUT2D eigenvalue weighted by molar-refractivity contribution is 7.92. The van der Waals surface area contributed by atoms with E-state index in [1.54, 1.807) is 37.3 Å². The highest BCUT2D eigenvalue weighted by Gasteiger charge is 2.18. The average Bonchev–Trinajstić information content (AvgIpc) is 2.61. The zero-order chi connectivity index (χ0) is 19.3. The molecule has 6 nitrogen and oxygen atoms in total. The largest absolute Gasteiger partial charge is 0.350 e. The number of hydrogen-bond donors (Lipinski definition) is 3. The van der Waals surface area contributed by atoms with Crippen molar-refractivity contribution in [1.82, 2.24) is 10.6 Å². The van der Waals surface area contributed by atoms with E-state index < -0.39 is 10.0 Å². The van der Waals surface area contributed by atoms with E-state index in [9.17, 15) is 13.2 Å². The van der Waals surface area contributed by atoms with Gasteiger partial charge < -0.3 is 10.6 Å². The predicted octanol–water partition coefficient (Wildman–Crippen LogP) is 2.44.